The molecule has 0 saturated heterocycles. The predicted octanol–water partition coefficient (Wildman–Crippen LogP) is 2.93. The van der Waals surface area contributed by atoms with Gasteiger partial charge in [-0.3, -0.25) is 0 Å². The normalized spacial score (nSPS) is 12.6. The lowest BCUT2D eigenvalue weighted by atomic mass is 10.1. The Morgan fingerprint density at radius 3 is 2.23 bits per heavy atom. The Hall–Kier alpha value is -2.58. The van der Waals surface area contributed by atoms with Crippen molar-refractivity contribution in [1.82, 2.24) is 5.32 Å². The molecule has 2 aromatic rings. The number of aliphatic hydroxyl groups is 1. The molecule has 5 nitrogen and oxygen atoms in total. The molecular formula is C18H18F3NO4. The summed E-state index contributed by atoms with van der Waals surface area (Å²) in [5, 5.41) is 21.6. The van der Waals surface area contributed by atoms with Gasteiger partial charge in [0.1, 0.15) is 18.5 Å². The van der Waals surface area contributed by atoms with Crippen molar-refractivity contribution in [2.45, 2.75) is 18.8 Å². The smallest absolute Gasteiger partial charge is 0.416 e. The second-order valence-electron chi connectivity index (χ2n) is 5.62. The Labute approximate surface area is 148 Å². The predicted molar refractivity (Wildman–Crippen MR) is 88.1 cm³/mol. The Bertz CT molecular complexity index is 715. The zero-order chi connectivity index (χ0) is 19.2. The minimum absolute atomic E-state index is 0.0731. The summed E-state index contributed by atoms with van der Waals surface area (Å²) in [6.07, 6.45) is -5.25. The molecule has 0 bridgehead atoms. The fourth-order valence-electron chi connectivity index (χ4n) is 2.14. The van der Waals surface area contributed by atoms with Crippen molar-refractivity contribution >= 4 is 5.97 Å². The first-order valence-corrected chi connectivity index (χ1v) is 7.77. The first-order valence-electron chi connectivity index (χ1n) is 7.77. The Kier molecular flexibility index (Phi) is 6.59. The third-order valence-electron chi connectivity index (χ3n) is 3.53. The maximum Gasteiger partial charge on any atom is 0.416 e. The van der Waals surface area contributed by atoms with Gasteiger partial charge in [-0.1, -0.05) is 12.1 Å². The average Bonchev–Trinajstić information content (AvgIpc) is 2.60. The zero-order valence-corrected chi connectivity index (χ0v) is 13.7. The van der Waals surface area contributed by atoms with Crippen LogP contribution >= 0.6 is 0 Å². The molecule has 0 aliphatic rings. The van der Waals surface area contributed by atoms with E-state index < -0.39 is 23.8 Å². The number of carbonyl (C=O) groups is 1. The second-order valence-corrected chi connectivity index (χ2v) is 5.62. The van der Waals surface area contributed by atoms with E-state index in [1.54, 1.807) is 12.1 Å². The lowest BCUT2D eigenvalue weighted by Gasteiger charge is -2.14. The number of aromatic carboxylic acids is 1. The van der Waals surface area contributed by atoms with Gasteiger partial charge in [0.05, 0.1) is 11.1 Å². The van der Waals surface area contributed by atoms with Crippen LogP contribution in [0.5, 0.6) is 5.75 Å². The maximum absolute atomic E-state index is 12.5. The Morgan fingerprint density at radius 2 is 1.69 bits per heavy atom. The SMILES string of the molecule is O=C(O)c1ccc(CNCC(O)COc2ccc(C(F)(F)F)cc2)cc1. The number of carboxylic acid groups (broad SMARTS) is 1. The number of halogens is 3. The molecule has 26 heavy (non-hydrogen) atoms. The van der Waals surface area contributed by atoms with E-state index in [2.05, 4.69) is 5.32 Å². The van der Waals surface area contributed by atoms with Gasteiger partial charge in [0.2, 0.25) is 0 Å². The van der Waals surface area contributed by atoms with Crippen molar-refractivity contribution in [2.24, 2.45) is 0 Å². The molecule has 0 saturated carbocycles. The summed E-state index contributed by atoms with van der Waals surface area (Å²) in [5.74, 6) is -0.762. The van der Waals surface area contributed by atoms with Gasteiger partial charge in [0, 0.05) is 13.1 Å². The molecule has 0 spiro atoms. The van der Waals surface area contributed by atoms with Crippen molar-refractivity contribution in [2.75, 3.05) is 13.2 Å². The topological polar surface area (TPSA) is 78.8 Å². The molecule has 0 aromatic heterocycles. The van der Waals surface area contributed by atoms with E-state index in [4.69, 9.17) is 9.84 Å². The summed E-state index contributed by atoms with van der Waals surface area (Å²) in [6, 6.07) is 10.6. The van der Waals surface area contributed by atoms with E-state index in [0.29, 0.717) is 6.54 Å². The van der Waals surface area contributed by atoms with Crippen LogP contribution in [0.2, 0.25) is 0 Å². The summed E-state index contributed by atoms with van der Waals surface area (Å²) in [4.78, 5) is 10.8. The quantitative estimate of drug-likeness (QED) is 0.667. The Morgan fingerprint density at radius 1 is 1.08 bits per heavy atom. The fourth-order valence-corrected chi connectivity index (χ4v) is 2.14. The minimum Gasteiger partial charge on any atom is -0.491 e. The molecule has 1 unspecified atom stereocenters. The first-order chi connectivity index (χ1) is 12.3. The molecule has 0 aliphatic heterocycles. The molecule has 3 N–H and O–H groups in total. The molecule has 2 aromatic carbocycles. The van der Waals surface area contributed by atoms with E-state index in [9.17, 15) is 23.1 Å². The monoisotopic (exact) mass is 369 g/mol. The molecule has 0 amide bonds. The van der Waals surface area contributed by atoms with E-state index in [0.717, 1.165) is 17.7 Å². The van der Waals surface area contributed by atoms with Gasteiger partial charge in [-0.15, -0.1) is 0 Å². The lowest BCUT2D eigenvalue weighted by molar-refractivity contribution is -0.137. The van der Waals surface area contributed by atoms with Crippen molar-refractivity contribution in [1.29, 1.82) is 0 Å². The summed E-state index contributed by atoms with van der Waals surface area (Å²) >= 11 is 0. The molecular weight excluding hydrogens is 351 g/mol. The van der Waals surface area contributed by atoms with Gasteiger partial charge in [0.15, 0.2) is 0 Å². The lowest BCUT2D eigenvalue weighted by Crippen LogP contribution is -2.31. The number of hydrogen-bond donors (Lipinski definition) is 3. The number of aliphatic hydroxyl groups excluding tert-OH is 1. The Balaban J connectivity index is 1.71. The third-order valence-corrected chi connectivity index (χ3v) is 3.53. The van der Waals surface area contributed by atoms with Crippen molar-refractivity contribution in [3.05, 3.63) is 65.2 Å². The molecule has 0 radical (unpaired) electrons. The molecule has 140 valence electrons. The van der Waals surface area contributed by atoms with Crippen LogP contribution in [0.1, 0.15) is 21.5 Å². The number of ether oxygens (including phenoxy) is 1. The van der Waals surface area contributed by atoms with Crippen molar-refractivity contribution in [3.8, 4) is 5.75 Å². The number of nitrogens with one attached hydrogen (secondary N) is 1. The zero-order valence-electron chi connectivity index (χ0n) is 13.7. The molecule has 2 rings (SSSR count). The van der Waals surface area contributed by atoms with E-state index in [-0.39, 0.29) is 24.5 Å². The van der Waals surface area contributed by atoms with E-state index >= 15 is 0 Å². The standard InChI is InChI=1S/C18H18F3NO4/c19-18(20,21)14-5-7-16(8-6-14)26-11-15(23)10-22-9-12-1-3-13(4-2-12)17(24)25/h1-8,15,22-23H,9-11H2,(H,24,25). The minimum atomic E-state index is -4.40. The summed E-state index contributed by atoms with van der Waals surface area (Å²) < 4.78 is 42.6. The molecule has 0 heterocycles. The van der Waals surface area contributed by atoms with Crippen LogP contribution in [0, 0.1) is 0 Å². The average molecular weight is 369 g/mol. The third kappa shape index (κ3) is 6.05. The highest BCUT2D eigenvalue weighted by Crippen LogP contribution is 2.30. The molecule has 0 fully saturated rings. The highest BCUT2D eigenvalue weighted by atomic mass is 19.4. The number of carboxylic acids is 1. The molecule has 8 heteroatoms. The number of hydrogen-bond acceptors (Lipinski definition) is 4. The number of alkyl halides is 3. The van der Waals surface area contributed by atoms with Gasteiger partial charge >= 0.3 is 12.1 Å². The molecule has 0 aliphatic carbocycles. The van der Waals surface area contributed by atoms with Crippen LogP contribution in [0.15, 0.2) is 48.5 Å². The summed E-state index contributed by atoms with van der Waals surface area (Å²) in [5.41, 5.74) is 0.283. The van der Waals surface area contributed by atoms with Gasteiger partial charge in [-0.05, 0) is 42.0 Å². The summed E-state index contributed by atoms with van der Waals surface area (Å²) in [6.45, 7) is 0.564. The van der Waals surface area contributed by atoms with E-state index in [1.165, 1.54) is 24.3 Å². The highest BCUT2D eigenvalue weighted by Gasteiger charge is 2.30. The van der Waals surface area contributed by atoms with Crippen LogP contribution < -0.4 is 10.1 Å². The largest absolute Gasteiger partial charge is 0.491 e. The van der Waals surface area contributed by atoms with Gasteiger partial charge in [-0.2, -0.15) is 13.2 Å². The van der Waals surface area contributed by atoms with Crippen LogP contribution in [-0.2, 0) is 12.7 Å². The van der Waals surface area contributed by atoms with E-state index in [1.807, 2.05) is 0 Å². The van der Waals surface area contributed by atoms with Crippen molar-refractivity contribution < 1.29 is 32.9 Å². The van der Waals surface area contributed by atoms with Crippen LogP contribution in [-0.4, -0.2) is 35.4 Å². The van der Waals surface area contributed by atoms with Crippen molar-refractivity contribution in [3.63, 3.8) is 0 Å². The first kappa shape index (κ1) is 19.7. The van der Waals surface area contributed by atoms with Gasteiger partial charge in [0.25, 0.3) is 0 Å². The number of rotatable bonds is 8. The van der Waals surface area contributed by atoms with Crippen LogP contribution in [0.25, 0.3) is 0 Å². The van der Waals surface area contributed by atoms with Gasteiger partial charge in [-0.25, -0.2) is 4.79 Å². The second kappa shape index (κ2) is 8.68. The highest BCUT2D eigenvalue weighted by molar-refractivity contribution is 5.87. The summed E-state index contributed by atoms with van der Waals surface area (Å²) in [7, 11) is 0. The van der Waals surface area contributed by atoms with Gasteiger partial charge < -0.3 is 20.3 Å². The maximum atomic E-state index is 12.5. The fraction of sp³-hybridized carbons (Fsp3) is 0.278. The van der Waals surface area contributed by atoms with Crippen LogP contribution in [0.3, 0.4) is 0 Å². The van der Waals surface area contributed by atoms with Crippen LogP contribution in [0.4, 0.5) is 13.2 Å². The number of benzene rings is 2. The molecule has 1 atom stereocenters.